The van der Waals surface area contributed by atoms with Crippen molar-refractivity contribution >= 4 is 17.7 Å². The normalized spacial score (nSPS) is 11.0. The third-order valence-electron chi connectivity index (χ3n) is 3.78. The summed E-state index contributed by atoms with van der Waals surface area (Å²) in [6.07, 6.45) is 4.70. The number of amides is 1. The van der Waals surface area contributed by atoms with Gasteiger partial charge in [0, 0.05) is 29.7 Å². The van der Waals surface area contributed by atoms with Crippen molar-refractivity contribution in [2.75, 3.05) is 0 Å². The van der Waals surface area contributed by atoms with E-state index in [4.69, 9.17) is 4.42 Å². The summed E-state index contributed by atoms with van der Waals surface area (Å²) in [4.78, 5) is 22.5. The van der Waals surface area contributed by atoms with Gasteiger partial charge in [-0.3, -0.25) is 14.9 Å². The van der Waals surface area contributed by atoms with Crippen molar-refractivity contribution in [3.8, 4) is 11.8 Å². The number of hydrogen-bond acceptors (Lipinski definition) is 5. The molecule has 8 nitrogen and oxygen atoms in total. The number of non-ortho nitro benzene ring substituents is 1. The Morgan fingerprint density at radius 1 is 1.26 bits per heavy atom. The summed E-state index contributed by atoms with van der Waals surface area (Å²) in [7, 11) is 0. The standard InChI is InChI=1S/C19H14N4O4/c20-12-14(19(24)21-13-18-4-2-10-27-18)11-17-3-1-9-22(17)15-5-7-16(8-6-15)23(25)26/h1-11H,13H2,(H,21,24)/b14-11+. The van der Waals surface area contributed by atoms with Gasteiger partial charge in [-0.1, -0.05) is 0 Å². The molecule has 134 valence electrons. The van der Waals surface area contributed by atoms with E-state index in [-0.39, 0.29) is 17.8 Å². The van der Waals surface area contributed by atoms with Crippen LogP contribution in [0.15, 0.2) is 71.0 Å². The number of nitro benzene ring substituents is 1. The number of furan rings is 1. The third kappa shape index (κ3) is 4.11. The Hall–Kier alpha value is -4.12. The largest absolute Gasteiger partial charge is 0.467 e. The minimum atomic E-state index is -0.523. The van der Waals surface area contributed by atoms with Gasteiger partial charge >= 0.3 is 0 Å². The lowest BCUT2D eigenvalue weighted by Gasteiger charge is -2.07. The fourth-order valence-corrected chi connectivity index (χ4v) is 2.45. The van der Waals surface area contributed by atoms with Crippen LogP contribution in [-0.2, 0) is 11.3 Å². The number of carbonyl (C=O) groups excluding carboxylic acids is 1. The Bertz CT molecular complexity index is 1020. The Morgan fingerprint density at radius 3 is 2.67 bits per heavy atom. The van der Waals surface area contributed by atoms with Crippen LogP contribution in [0.25, 0.3) is 11.8 Å². The summed E-state index contributed by atoms with van der Waals surface area (Å²) in [5.74, 6) is 0.0558. The maximum absolute atomic E-state index is 12.2. The lowest BCUT2D eigenvalue weighted by Crippen LogP contribution is -2.23. The highest BCUT2D eigenvalue weighted by molar-refractivity contribution is 6.01. The van der Waals surface area contributed by atoms with Crippen LogP contribution >= 0.6 is 0 Å². The Kier molecular flexibility index (Phi) is 5.14. The average molecular weight is 362 g/mol. The molecule has 27 heavy (non-hydrogen) atoms. The Balaban J connectivity index is 1.81. The number of carbonyl (C=O) groups is 1. The molecule has 0 atom stereocenters. The summed E-state index contributed by atoms with van der Waals surface area (Å²) < 4.78 is 6.86. The lowest BCUT2D eigenvalue weighted by atomic mass is 10.2. The first-order valence-corrected chi connectivity index (χ1v) is 7.93. The fourth-order valence-electron chi connectivity index (χ4n) is 2.45. The predicted octanol–water partition coefficient (Wildman–Crippen LogP) is 3.20. The molecule has 0 unspecified atom stereocenters. The highest BCUT2D eigenvalue weighted by Gasteiger charge is 2.12. The van der Waals surface area contributed by atoms with Gasteiger partial charge in [-0.2, -0.15) is 5.26 Å². The van der Waals surface area contributed by atoms with Gasteiger partial charge in [-0.05, 0) is 42.5 Å². The van der Waals surface area contributed by atoms with Crippen molar-refractivity contribution in [1.29, 1.82) is 5.26 Å². The molecule has 0 saturated heterocycles. The molecular weight excluding hydrogens is 348 g/mol. The van der Waals surface area contributed by atoms with Crippen LogP contribution in [0.3, 0.4) is 0 Å². The van der Waals surface area contributed by atoms with E-state index >= 15 is 0 Å². The van der Waals surface area contributed by atoms with E-state index in [0.717, 1.165) is 0 Å². The zero-order chi connectivity index (χ0) is 19.2. The first-order chi connectivity index (χ1) is 13.1. The molecule has 1 N–H and O–H groups in total. The van der Waals surface area contributed by atoms with Crippen LogP contribution in [0.5, 0.6) is 0 Å². The molecular formula is C19H14N4O4. The lowest BCUT2D eigenvalue weighted by molar-refractivity contribution is -0.384. The first-order valence-electron chi connectivity index (χ1n) is 7.93. The smallest absolute Gasteiger partial charge is 0.269 e. The maximum atomic E-state index is 12.2. The second-order valence-corrected chi connectivity index (χ2v) is 5.51. The van der Waals surface area contributed by atoms with Gasteiger partial charge in [-0.25, -0.2) is 0 Å². The molecule has 0 aliphatic rings. The molecule has 1 amide bonds. The molecule has 0 aliphatic heterocycles. The second-order valence-electron chi connectivity index (χ2n) is 5.51. The molecule has 8 heteroatoms. The Labute approximate surface area is 154 Å². The number of nitriles is 1. The quantitative estimate of drug-likeness (QED) is 0.313. The van der Waals surface area contributed by atoms with E-state index in [2.05, 4.69) is 5.32 Å². The van der Waals surface area contributed by atoms with Crippen LogP contribution in [0.1, 0.15) is 11.5 Å². The number of aromatic nitrogens is 1. The molecule has 0 aliphatic carbocycles. The summed E-state index contributed by atoms with van der Waals surface area (Å²) in [5, 5.41) is 22.7. The van der Waals surface area contributed by atoms with Gasteiger partial charge in [0.05, 0.1) is 17.7 Å². The van der Waals surface area contributed by atoms with Gasteiger partial charge in [0.1, 0.15) is 17.4 Å². The zero-order valence-corrected chi connectivity index (χ0v) is 14.0. The van der Waals surface area contributed by atoms with Crippen molar-refractivity contribution in [2.24, 2.45) is 0 Å². The van der Waals surface area contributed by atoms with Gasteiger partial charge < -0.3 is 14.3 Å². The number of nitro groups is 1. The van der Waals surface area contributed by atoms with E-state index < -0.39 is 10.8 Å². The molecule has 1 aromatic carbocycles. The highest BCUT2D eigenvalue weighted by Crippen LogP contribution is 2.19. The first kappa shape index (κ1) is 17.7. The van der Waals surface area contributed by atoms with Crippen molar-refractivity contribution < 1.29 is 14.1 Å². The average Bonchev–Trinajstić information content (AvgIpc) is 3.36. The van der Waals surface area contributed by atoms with Gasteiger partial charge in [0.25, 0.3) is 11.6 Å². The van der Waals surface area contributed by atoms with Gasteiger partial charge in [0.15, 0.2) is 0 Å². The molecule has 3 aromatic rings. The number of hydrogen-bond donors (Lipinski definition) is 1. The summed E-state index contributed by atoms with van der Waals surface area (Å²) in [5.41, 5.74) is 1.18. The molecule has 3 rings (SSSR count). The summed E-state index contributed by atoms with van der Waals surface area (Å²) >= 11 is 0. The number of nitrogens with zero attached hydrogens (tertiary/aromatic N) is 3. The SMILES string of the molecule is N#C/C(=C\c1cccn1-c1ccc([N+](=O)[O-])cc1)C(=O)NCc1ccco1. The number of rotatable bonds is 6. The molecule has 0 spiro atoms. The zero-order valence-electron chi connectivity index (χ0n) is 14.0. The van der Waals surface area contributed by atoms with Crippen LogP contribution in [0.2, 0.25) is 0 Å². The van der Waals surface area contributed by atoms with Crippen molar-refractivity contribution in [1.82, 2.24) is 9.88 Å². The minimum absolute atomic E-state index is 0.0157. The highest BCUT2D eigenvalue weighted by atomic mass is 16.6. The maximum Gasteiger partial charge on any atom is 0.269 e. The van der Waals surface area contributed by atoms with Crippen LogP contribution in [0, 0.1) is 21.4 Å². The summed E-state index contributed by atoms with van der Waals surface area (Å²) in [6, 6.07) is 14.8. The molecule has 2 aromatic heterocycles. The van der Waals surface area contributed by atoms with Gasteiger partial charge in [-0.15, -0.1) is 0 Å². The number of nitrogens with one attached hydrogen (secondary N) is 1. The Morgan fingerprint density at radius 2 is 2.04 bits per heavy atom. The van der Waals surface area contributed by atoms with Crippen molar-refractivity contribution in [3.05, 3.63) is 88.1 Å². The molecule has 0 saturated carbocycles. The molecule has 0 radical (unpaired) electrons. The van der Waals surface area contributed by atoms with Crippen molar-refractivity contribution in [2.45, 2.75) is 6.54 Å². The minimum Gasteiger partial charge on any atom is -0.467 e. The van der Waals surface area contributed by atoms with Gasteiger partial charge in [0.2, 0.25) is 0 Å². The molecule has 0 fully saturated rings. The topological polar surface area (TPSA) is 114 Å². The van der Waals surface area contributed by atoms with E-state index in [1.165, 1.54) is 24.5 Å². The van der Waals surface area contributed by atoms with Crippen LogP contribution in [0.4, 0.5) is 5.69 Å². The monoisotopic (exact) mass is 362 g/mol. The van der Waals surface area contributed by atoms with Crippen LogP contribution in [-0.4, -0.2) is 15.4 Å². The van der Waals surface area contributed by atoms with E-state index in [1.54, 1.807) is 47.2 Å². The second kappa shape index (κ2) is 7.84. The number of benzene rings is 1. The van der Waals surface area contributed by atoms with E-state index in [0.29, 0.717) is 17.1 Å². The molecule has 0 bridgehead atoms. The van der Waals surface area contributed by atoms with E-state index in [1.807, 2.05) is 6.07 Å². The van der Waals surface area contributed by atoms with Crippen molar-refractivity contribution in [3.63, 3.8) is 0 Å². The molecule has 2 heterocycles. The predicted molar refractivity (Wildman–Crippen MR) is 96.6 cm³/mol. The van der Waals surface area contributed by atoms with E-state index in [9.17, 15) is 20.2 Å². The summed E-state index contributed by atoms with van der Waals surface area (Å²) in [6.45, 7) is 0.175. The fraction of sp³-hybridized carbons (Fsp3) is 0.0526. The third-order valence-corrected chi connectivity index (χ3v) is 3.78. The van der Waals surface area contributed by atoms with Crippen LogP contribution < -0.4 is 5.32 Å².